The predicted octanol–water partition coefficient (Wildman–Crippen LogP) is 6.95. The van der Waals surface area contributed by atoms with Gasteiger partial charge in [0.1, 0.15) is 0 Å². The molecule has 0 N–H and O–H groups in total. The first-order valence-electron chi connectivity index (χ1n) is 8.50. The molecule has 0 unspecified atom stereocenters. The average Bonchev–Trinajstić information content (AvgIpc) is 3.32. The van der Waals surface area contributed by atoms with Gasteiger partial charge in [-0.25, -0.2) is 0 Å². The van der Waals surface area contributed by atoms with E-state index in [0.717, 1.165) is 22.1 Å². The van der Waals surface area contributed by atoms with Crippen LogP contribution in [0, 0.1) is 0 Å². The summed E-state index contributed by atoms with van der Waals surface area (Å²) >= 11 is 1.35. The maximum Gasteiger partial charge on any atom is 0.0935 e. The van der Waals surface area contributed by atoms with Crippen LogP contribution in [0.15, 0.2) is 107 Å². The summed E-state index contributed by atoms with van der Waals surface area (Å²) in [5.74, 6) is 0. The van der Waals surface area contributed by atoms with E-state index < -0.39 is 0 Å². The van der Waals surface area contributed by atoms with E-state index in [-0.39, 0.29) is 0 Å². The van der Waals surface area contributed by atoms with E-state index in [4.69, 9.17) is 0 Å². The van der Waals surface area contributed by atoms with Crippen molar-refractivity contribution in [3.05, 3.63) is 96.5 Å². The lowest BCUT2D eigenvalue weighted by atomic mass is 10.1. The van der Waals surface area contributed by atoms with E-state index in [1.807, 2.05) is 53.9 Å². The Balaban J connectivity index is 0.000000314. The highest BCUT2D eigenvalue weighted by Crippen LogP contribution is 2.30. The normalized spacial score (nSPS) is 10.8. The molecule has 0 radical (unpaired) electrons. The lowest BCUT2D eigenvalue weighted by Crippen LogP contribution is -1.74. The molecule has 4 nitrogen and oxygen atoms in total. The van der Waals surface area contributed by atoms with E-state index in [2.05, 4.69) is 56.2 Å². The summed E-state index contributed by atoms with van der Waals surface area (Å²) in [6, 6.07) is 28.7. The van der Waals surface area contributed by atoms with Crippen LogP contribution in [0.2, 0.25) is 0 Å². The van der Waals surface area contributed by atoms with Crippen LogP contribution in [-0.2, 0) is 0 Å². The second-order valence-electron chi connectivity index (χ2n) is 5.78. The van der Waals surface area contributed by atoms with Gasteiger partial charge in [-0.15, -0.1) is 15.3 Å². The van der Waals surface area contributed by atoms with Crippen molar-refractivity contribution >= 4 is 44.5 Å². The smallest absolute Gasteiger partial charge is 0.0935 e. The Morgan fingerprint density at radius 2 is 1.11 bits per heavy atom. The van der Waals surface area contributed by atoms with Crippen molar-refractivity contribution in [2.75, 3.05) is 0 Å². The fraction of sp³-hybridized carbons (Fsp3) is 0. The molecule has 130 valence electrons. The number of benzene rings is 4. The van der Waals surface area contributed by atoms with Crippen molar-refractivity contribution in [3.8, 4) is 0 Å². The van der Waals surface area contributed by atoms with E-state index in [9.17, 15) is 0 Å². The van der Waals surface area contributed by atoms with Gasteiger partial charge in [-0.1, -0.05) is 77.3 Å². The van der Waals surface area contributed by atoms with Crippen LogP contribution < -0.4 is 0 Å². The standard InChI is InChI=1S/C20H14N2.C2H2N2S/c1-3-11-17-15(7-1)9-5-13-19(17)21-22-20-14-6-10-16-8-2-4-12-18(16)20;1-2-5-4-3-1/h1-14H;1-2H. The monoisotopic (exact) mass is 368 g/mol. The minimum absolute atomic E-state index is 0.894. The molecule has 0 atom stereocenters. The summed E-state index contributed by atoms with van der Waals surface area (Å²) in [7, 11) is 0. The number of azo groups is 1. The summed E-state index contributed by atoms with van der Waals surface area (Å²) in [4.78, 5) is 0. The van der Waals surface area contributed by atoms with Crippen molar-refractivity contribution in [2.45, 2.75) is 0 Å². The minimum atomic E-state index is 0.894. The fourth-order valence-corrected chi connectivity index (χ4v) is 3.11. The highest BCUT2D eigenvalue weighted by Gasteiger charge is 2.01. The summed E-state index contributed by atoms with van der Waals surface area (Å²) in [5.41, 5.74) is 1.79. The molecular formula is C22H16N4S. The van der Waals surface area contributed by atoms with Gasteiger partial charge in [0.15, 0.2) is 0 Å². The molecule has 0 saturated heterocycles. The topological polar surface area (TPSA) is 50.5 Å². The highest BCUT2D eigenvalue weighted by molar-refractivity contribution is 7.03. The summed E-state index contributed by atoms with van der Waals surface area (Å²) in [5, 5.41) is 18.9. The second kappa shape index (κ2) is 8.29. The van der Waals surface area contributed by atoms with Crippen LogP contribution in [0.4, 0.5) is 11.4 Å². The van der Waals surface area contributed by atoms with E-state index in [0.29, 0.717) is 0 Å². The molecule has 0 aliphatic carbocycles. The van der Waals surface area contributed by atoms with Gasteiger partial charge < -0.3 is 0 Å². The molecule has 1 heterocycles. The Labute approximate surface area is 161 Å². The van der Waals surface area contributed by atoms with Crippen LogP contribution in [0.5, 0.6) is 0 Å². The maximum absolute atomic E-state index is 4.48. The Bertz CT molecular complexity index is 1070. The van der Waals surface area contributed by atoms with Crippen LogP contribution in [-0.4, -0.2) is 9.59 Å². The molecule has 4 aromatic carbocycles. The van der Waals surface area contributed by atoms with Crippen LogP contribution >= 0.6 is 11.5 Å². The Kier molecular flexibility index (Phi) is 5.22. The van der Waals surface area contributed by atoms with Crippen molar-refractivity contribution in [1.29, 1.82) is 0 Å². The molecule has 1 aromatic heterocycles. The molecule has 0 saturated carbocycles. The molecule has 5 rings (SSSR count). The van der Waals surface area contributed by atoms with Crippen LogP contribution in [0.3, 0.4) is 0 Å². The van der Waals surface area contributed by atoms with E-state index in [1.54, 1.807) is 6.20 Å². The second-order valence-corrected chi connectivity index (χ2v) is 6.43. The van der Waals surface area contributed by atoms with Crippen molar-refractivity contribution < 1.29 is 0 Å². The third kappa shape index (κ3) is 4.04. The summed E-state index contributed by atoms with van der Waals surface area (Å²) in [6.45, 7) is 0. The molecule has 27 heavy (non-hydrogen) atoms. The number of rotatable bonds is 2. The quantitative estimate of drug-likeness (QED) is 0.317. The van der Waals surface area contributed by atoms with Gasteiger partial charge in [0.2, 0.25) is 0 Å². The van der Waals surface area contributed by atoms with Crippen molar-refractivity contribution in [3.63, 3.8) is 0 Å². The third-order valence-electron chi connectivity index (χ3n) is 4.08. The molecule has 0 aliphatic rings. The molecule has 0 bridgehead atoms. The number of hydrogen-bond acceptors (Lipinski definition) is 5. The van der Waals surface area contributed by atoms with Gasteiger partial charge in [-0.2, -0.15) is 0 Å². The highest BCUT2D eigenvalue weighted by atomic mass is 32.1. The molecule has 0 aliphatic heterocycles. The van der Waals surface area contributed by atoms with Crippen molar-refractivity contribution in [2.24, 2.45) is 10.2 Å². The zero-order chi connectivity index (χ0) is 18.3. The number of aromatic nitrogens is 2. The third-order valence-corrected chi connectivity index (χ3v) is 4.51. The van der Waals surface area contributed by atoms with Crippen LogP contribution in [0.25, 0.3) is 21.5 Å². The van der Waals surface area contributed by atoms with E-state index in [1.165, 1.54) is 22.3 Å². The van der Waals surface area contributed by atoms with Gasteiger partial charge in [0, 0.05) is 16.2 Å². The minimum Gasteiger partial charge on any atom is -0.150 e. The molecule has 5 aromatic rings. The zero-order valence-corrected chi connectivity index (χ0v) is 15.3. The van der Waals surface area contributed by atoms with E-state index >= 15 is 0 Å². The van der Waals surface area contributed by atoms with Crippen molar-refractivity contribution in [1.82, 2.24) is 9.59 Å². The lowest BCUT2D eigenvalue weighted by Gasteiger charge is -2.02. The molecular weight excluding hydrogens is 352 g/mol. The maximum atomic E-state index is 4.48. The average molecular weight is 368 g/mol. The first-order valence-corrected chi connectivity index (χ1v) is 9.34. The Morgan fingerprint density at radius 3 is 1.56 bits per heavy atom. The summed E-state index contributed by atoms with van der Waals surface area (Å²) in [6.07, 6.45) is 1.66. The molecule has 0 spiro atoms. The van der Waals surface area contributed by atoms with Gasteiger partial charge in [-0.3, -0.25) is 0 Å². The lowest BCUT2D eigenvalue weighted by molar-refractivity contribution is 1.16. The number of hydrogen-bond donors (Lipinski definition) is 0. The fourth-order valence-electron chi connectivity index (χ4n) is 2.83. The Hall–Kier alpha value is -3.44. The Morgan fingerprint density at radius 1 is 0.593 bits per heavy atom. The number of fused-ring (bicyclic) bond motifs is 2. The molecule has 0 fully saturated rings. The largest absolute Gasteiger partial charge is 0.150 e. The van der Waals surface area contributed by atoms with Crippen LogP contribution in [0.1, 0.15) is 0 Å². The number of nitrogens with zero attached hydrogens (tertiary/aromatic N) is 4. The molecule has 0 amide bonds. The van der Waals surface area contributed by atoms with Gasteiger partial charge in [0.25, 0.3) is 0 Å². The summed E-state index contributed by atoms with van der Waals surface area (Å²) < 4.78 is 3.51. The molecule has 5 heteroatoms. The van der Waals surface area contributed by atoms with Gasteiger partial charge in [0.05, 0.1) is 17.6 Å². The SMILES string of the molecule is c1ccc2c(N=Nc3cccc4ccccc34)cccc2c1.c1csnn1. The first kappa shape index (κ1) is 17.0. The first-order chi connectivity index (χ1) is 13.4. The van der Waals surface area contributed by atoms with Gasteiger partial charge >= 0.3 is 0 Å². The zero-order valence-electron chi connectivity index (χ0n) is 14.4. The van der Waals surface area contributed by atoms with Gasteiger partial charge in [-0.05, 0) is 34.4 Å². The predicted molar refractivity (Wildman–Crippen MR) is 112 cm³/mol.